The zero-order valence-electron chi connectivity index (χ0n) is 13.0. The number of rotatable bonds is 5. The Balaban J connectivity index is 2.21. The molecular formula is C18H20BrNO2. The van der Waals surface area contributed by atoms with Crippen LogP contribution in [0.5, 0.6) is 5.75 Å². The summed E-state index contributed by atoms with van der Waals surface area (Å²) in [6.45, 7) is 4.06. The van der Waals surface area contributed by atoms with Crippen LogP contribution in [0, 0.1) is 6.92 Å². The third-order valence-corrected chi connectivity index (χ3v) is 4.34. The molecule has 1 atom stereocenters. The van der Waals surface area contributed by atoms with Gasteiger partial charge in [0.1, 0.15) is 5.75 Å². The molecule has 0 saturated carbocycles. The molecule has 2 aromatic rings. The van der Waals surface area contributed by atoms with Crippen LogP contribution in [0.25, 0.3) is 0 Å². The van der Waals surface area contributed by atoms with E-state index in [1.54, 1.807) is 7.11 Å². The molecule has 0 saturated heterocycles. The van der Waals surface area contributed by atoms with E-state index in [0.29, 0.717) is 5.56 Å². The number of hydrogen-bond donors (Lipinski definition) is 1. The minimum absolute atomic E-state index is 0.0239. The molecule has 0 radical (unpaired) electrons. The fourth-order valence-corrected chi connectivity index (χ4v) is 2.89. The largest absolute Gasteiger partial charge is 0.496 e. The number of halogens is 1. The number of hydrogen-bond acceptors (Lipinski definition) is 2. The zero-order valence-corrected chi connectivity index (χ0v) is 14.6. The van der Waals surface area contributed by atoms with Crippen LogP contribution in [0.15, 0.2) is 46.9 Å². The number of amides is 1. The molecule has 0 aliphatic carbocycles. The predicted molar refractivity (Wildman–Crippen MR) is 92.4 cm³/mol. The lowest BCUT2D eigenvalue weighted by Gasteiger charge is -2.19. The minimum Gasteiger partial charge on any atom is -0.496 e. The van der Waals surface area contributed by atoms with Crippen molar-refractivity contribution >= 4 is 21.8 Å². The fourth-order valence-electron chi connectivity index (χ4n) is 2.42. The van der Waals surface area contributed by atoms with Crippen molar-refractivity contribution in [2.45, 2.75) is 26.3 Å². The quantitative estimate of drug-likeness (QED) is 0.841. The lowest BCUT2D eigenvalue weighted by atomic mass is 10.0. The van der Waals surface area contributed by atoms with Crippen molar-refractivity contribution in [2.24, 2.45) is 0 Å². The third-order valence-electron chi connectivity index (χ3n) is 3.65. The summed E-state index contributed by atoms with van der Waals surface area (Å²) in [4.78, 5) is 12.5. The number of ether oxygens (including phenoxy) is 1. The molecule has 1 N–H and O–H groups in total. The van der Waals surface area contributed by atoms with Crippen molar-refractivity contribution in [2.75, 3.05) is 7.11 Å². The smallest absolute Gasteiger partial charge is 0.252 e. The maximum atomic E-state index is 12.5. The Kier molecular flexibility index (Phi) is 5.61. The van der Waals surface area contributed by atoms with E-state index in [1.165, 1.54) is 0 Å². The van der Waals surface area contributed by atoms with Crippen molar-refractivity contribution in [1.82, 2.24) is 5.32 Å². The SMILES string of the molecule is CC[C@H](NC(=O)c1ccccc1Br)c1ccc(OC)c(C)c1. The molecule has 0 aliphatic rings. The molecule has 116 valence electrons. The summed E-state index contributed by atoms with van der Waals surface area (Å²) >= 11 is 3.42. The highest BCUT2D eigenvalue weighted by molar-refractivity contribution is 9.10. The average molecular weight is 362 g/mol. The van der Waals surface area contributed by atoms with Crippen LogP contribution < -0.4 is 10.1 Å². The van der Waals surface area contributed by atoms with Gasteiger partial charge in [0.15, 0.2) is 0 Å². The molecule has 0 spiro atoms. The highest BCUT2D eigenvalue weighted by Gasteiger charge is 2.16. The molecule has 0 heterocycles. The number of benzene rings is 2. The van der Waals surface area contributed by atoms with Gasteiger partial charge in [-0.25, -0.2) is 0 Å². The lowest BCUT2D eigenvalue weighted by Crippen LogP contribution is -2.28. The first-order valence-electron chi connectivity index (χ1n) is 7.26. The molecule has 0 fully saturated rings. The maximum absolute atomic E-state index is 12.5. The van der Waals surface area contributed by atoms with Gasteiger partial charge in [0.2, 0.25) is 0 Å². The second kappa shape index (κ2) is 7.45. The van der Waals surface area contributed by atoms with Gasteiger partial charge in [-0.05, 0) is 58.6 Å². The van der Waals surface area contributed by atoms with Crippen LogP contribution in [0.1, 0.15) is 40.9 Å². The van der Waals surface area contributed by atoms with Gasteiger partial charge in [0.05, 0.1) is 18.7 Å². The van der Waals surface area contributed by atoms with E-state index < -0.39 is 0 Å². The minimum atomic E-state index is -0.0761. The Morgan fingerprint density at radius 2 is 2.00 bits per heavy atom. The van der Waals surface area contributed by atoms with Crippen LogP contribution >= 0.6 is 15.9 Å². The van der Waals surface area contributed by atoms with Gasteiger partial charge in [-0.15, -0.1) is 0 Å². The second-order valence-corrected chi connectivity index (χ2v) is 6.00. The number of nitrogens with one attached hydrogen (secondary N) is 1. The highest BCUT2D eigenvalue weighted by Crippen LogP contribution is 2.25. The van der Waals surface area contributed by atoms with Crippen molar-refractivity contribution in [3.63, 3.8) is 0 Å². The van der Waals surface area contributed by atoms with Gasteiger partial charge in [-0.1, -0.05) is 31.2 Å². The van der Waals surface area contributed by atoms with Gasteiger partial charge in [-0.3, -0.25) is 4.79 Å². The molecular weight excluding hydrogens is 342 g/mol. The van der Waals surface area contributed by atoms with Crippen molar-refractivity contribution in [3.05, 3.63) is 63.6 Å². The van der Waals surface area contributed by atoms with Crippen LogP contribution in [0.2, 0.25) is 0 Å². The van der Waals surface area contributed by atoms with Crippen LogP contribution in [-0.4, -0.2) is 13.0 Å². The van der Waals surface area contributed by atoms with Crippen LogP contribution in [0.4, 0.5) is 0 Å². The monoisotopic (exact) mass is 361 g/mol. The van der Waals surface area contributed by atoms with E-state index in [9.17, 15) is 4.79 Å². The first kappa shape index (κ1) is 16.6. The van der Waals surface area contributed by atoms with Gasteiger partial charge in [0, 0.05) is 4.47 Å². The average Bonchev–Trinajstić information content (AvgIpc) is 2.52. The molecule has 0 aliphatic heterocycles. The molecule has 0 unspecified atom stereocenters. The summed E-state index contributed by atoms with van der Waals surface area (Å²) in [5.41, 5.74) is 2.79. The summed E-state index contributed by atoms with van der Waals surface area (Å²) < 4.78 is 6.09. The Labute approximate surface area is 139 Å². The number of methoxy groups -OCH3 is 1. The molecule has 0 aromatic heterocycles. The van der Waals surface area contributed by atoms with E-state index >= 15 is 0 Å². The molecule has 0 bridgehead atoms. The Morgan fingerprint density at radius 3 is 2.59 bits per heavy atom. The Morgan fingerprint density at radius 1 is 1.27 bits per heavy atom. The predicted octanol–water partition coefficient (Wildman–Crippen LogP) is 4.65. The van der Waals surface area contributed by atoms with Crippen LogP contribution in [-0.2, 0) is 0 Å². The standard InChI is InChI=1S/C18H20BrNO2/c1-4-16(13-9-10-17(22-3)12(2)11-13)20-18(21)14-7-5-6-8-15(14)19/h5-11,16H,4H2,1-3H3,(H,20,21)/t16-/m0/s1. The number of carbonyl (C=O) groups excluding carboxylic acids is 1. The first-order valence-corrected chi connectivity index (χ1v) is 8.06. The molecule has 2 aromatic carbocycles. The zero-order chi connectivity index (χ0) is 16.1. The third kappa shape index (κ3) is 3.69. The van der Waals surface area contributed by atoms with Crippen molar-refractivity contribution < 1.29 is 9.53 Å². The topological polar surface area (TPSA) is 38.3 Å². The molecule has 1 amide bonds. The summed E-state index contributed by atoms with van der Waals surface area (Å²) in [6.07, 6.45) is 0.821. The van der Waals surface area contributed by atoms with E-state index in [0.717, 1.165) is 27.8 Å². The lowest BCUT2D eigenvalue weighted by molar-refractivity contribution is 0.0935. The normalized spacial score (nSPS) is 11.8. The van der Waals surface area contributed by atoms with Gasteiger partial charge < -0.3 is 10.1 Å². The van der Waals surface area contributed by atoms with Crippen molar-refractivity contribution in [1.29, 1.82) is 0 Å². The number of carbonyl (C=O) groups is 1. The molecule has 3 nitrogen and oxygen atoms in total. The first-order chi connectivity index (χ1) is 10.6. The summed E-state index contributed by atoms with van der Waals surface area (Å²) in [6, 6.07) is 13.4. The van der Waals surface area contributed by atoms with Gasteiger partial charge in [0.25, 0.3) is 5.91 Å². The molecule has 2 rings (SSSR count). The Hall–Kier alpha value is -1.81. The summed E-state index contributed by atoms with van der Waals surface area (Å²) in [5.74, 6) is 0.781. The Bertz CT molecular complexity index is 670. The molecule has 4 heteroatoms. The van der Waals surface area contributed by atoms with E-state index in [2.05, 4.69) is 34.2 Å². The fraction of sp³-hybridized carbons (Fsp3) is 0.278. The van der Waals surface area contributed by atoms with Gasteiger partial charge in [-0.2, -0.15) is 0 Å². The maximum Gasteiger partial charge on any atom is 0.252 e. The second-order valence-electron chi connectivity index (χ2n) is 5.14. The van der Waals surface area contributed by atoms with Crippen LogP contribution in [0.3, 0.4) is 0 Å². The highest BCUT2D eigenvalue weighted by atomic mass is 79.9. The van der Waals surface area contributed by atoms with Gasteiger partial charge >= 0.3 is 0 Å². The molecule has 22 heavy (non-hydrogen) atoms. The van der Waals surface area contributed by atoms with E-state index in [-0.39, 0.29) is 11.9 Å². The number of aryl methyl sites for hydroxylation is 1. The van der Waals surface area contributed by atoms with E-state index in [1.807, 2.05) is 43.3 Å². The summed E-state index contributed by atoms with van der Waals surface area (Å²) in [7, 11) is 1.66. The summed E-state index contributed by atoms with van der Waals surface area (Å²) in [5, 5.41) is 3.10. The van der Waals surface area contributed by atoms with E-state index in [4.69, 9.17) is 4.74 Å². The van der Waals surface area contributed by atoms with Crippen molar-refractivity contribution in [3.8, 4) is 5.75 Å².